The fourth-order valence-corrected chi connectivity index (χ4v) is 3.02. The van der Waals surface area contributed by atoms with Gasteiger partial charge in [-0.3, -0.25) is 0 Å². The SMILES string of the molecule is COC1CN(c2cc(Cl)ccc2CNC(C)C)CCC1C. The van der Waals surface area contributed by atoms with Crippen LogP contribution in [0.3, 0.4) is 0 Å². The molecule has 118 valence electrons. The van der Waals surface area contributed by atoms with E-state index >= 15 is 0 Å². The van der Waals surface area contributed by atoms with E-state index in [0.29, 0.717) is 18.1 Å². The molecule has 3 nitrogen and oxygen atoms in total. The first-order valence-electron chi connectivity index (χ1n) is 7.80. The van der Waals surface area contributed by atoms with Crippen LogP contribution in [0.25, 0.3) is 0 Å². The summed E-state index contributed by atoms with van der Waals surface area (Å²) in [6.07, 6.45) is 1.45. The predicted molar refractivity (Wildman–Crippen MR) is 90.2 cm³/mol. The number of benzene rings is 1. The van der Waals surface area contributed by atoms with Crippen LogP contribution in [0.15, 0.2) is 18.2 Å². The summed E-state index contributed by atoms with van der Waals surface area (Å²) < 4.78 is 5.63. The minimum atomic E-state index is 0.295. The van der Waals surface area contributed by atoms with Crippen LogP contribution in [0.5, 0.6) is 0 Å². The number of ether oxygens (including phenoxy) is 1. The quantitative estimate of drug-likeness (QED) is 0.897. The Morgan fingerprint density at radius 1 is 1.43 bits per heavy atom. The van der Waals surface area contributed by atoms with Crippen molar-refractivity contribution in [3.05, 3.63) is 28.8 Å². The molecular formula is C17H27ClN2O. The van der Waals surface area contributed by atoms with Crippen molar-refractivity contribution in [1.29, 1.82) is 0 Å². The minimum absolute atomic E-state index is 0.295. The third kappa shape index (κ3) is 4.35. The lowest BCUT2D eigenvalue weighted by atomic mass is 9.95. The molecule has 1 fully saturated rings. The molecule has 21 heavy (non-hydrogen) atoms. The van der Waals surface area contributed by atoms with Crippen LogP contribution < -0.4 is 10.2 Å². The fraction of sp³-hybridized carbons (Fsp3) is 0.647. The zero-order valence-corrected chi connectivity index (χ0v) is 14.3. The van der Waals surface area contributed by atoms with E-state index in [9.17, 15) is 0 Å². The molecule has 1 aliphatic heterocycles. The first-order valence-corrected chi connectivity index (χ1v) is 8.18. The molecular weight excluding hydrogens is 284 g/mol. The van der Waals surface area contributed by atoms with Crippen LogP contribution in [0.2, 0.25) is 5.02 Å². The van der Waals surface area contributed by atoms with E-state index in [4.69, 9.17) is 16.3 Å². The molecule has 0 saturated carbocycles. The van der Waals surface area contributed by atoms with E-state index in [-0.39, 0.29) is 0 Å². The van der Waals surface area contributed by atoms with Gasteiger partial charge in [0.15, 0.2) is 0 Å². The Morgan fingerprint density at radius 3 is 2.86 bits per heavy atom. The van der Waals surface area contributed by atoms with Crippen LogP contribution >= 0.6 is 11.6 Å². The zero-order valence-electron chi connectivity index (χ0n) is 13.5. The van der Waals surface area contributed by atoms with Crippen LogP contribution in [0, 0.1) is 5.92 Å². The maximum atomic E-state index is 6.22. The molecule has 2 rings (SSSR count). The number of nitrogens with one attached hydrogen (secondary N) is 1. The van der Waals surface area contributed by atoms with Crippen molar-refractivity contribution in [1.82, 2.24) is 5.32 Å². The topological polar surface area (TPSA) is 24.5 Å². The van der Waals surface area contributed by atoms with Gasteiger partial charge in [0, 0.05) is 43.5 Å². The summed E-state index contributed by atoms with van der Waals surface area (Å²) in [5.41, 5.74) is 2.54. The zero-order chi connectivity index (χ0) is 15.4. The Morgan fingerprint density at radius 2 is 2.19 bits per heavy atom. The summed E-state index contributed by atoms with van der Waals surface area (Å²) in [6, 6.07) is 6.67. The molecule has 0 bridgehead atoms. The van der Waals surface area contributed by atoms with Crippen LogP contribution in [-0.4, -0.2) is 32.3 Å². The van der Waals surface area contributed by atoms with Crippen molar-refractivity contribution < 1.29 is 4.74 Å². The van der Waals surface area contributed by atoms with Crippen LogP contribution in [-0.2, 0) is 11.3 Å². The van der Waals surface area contributed by atoms with Crippen molar-refractivity contribution in [2.45, 2.75) is 45.9 Å². The van der Waals surface area contributed by atoms with Gasteiger partial charge in [-0.1, -0.05) is 38.4 Å². The number of halogens is 1. The average molecular weight is 311 g/mol. The molecule has 2 atom stereocenters. The first-order chi connectivity index (χ1) is 10.0. The van der Waals surface area contributed by atoms with Gasteiger partial charge in [-0.25, -0.2) is 0 Å². The summed E-state index contributed by atoms with van der Waals surface area (Å²) in [7, 11) is 1.81. The van der Waals surface area contributed by atoms with E-state index < -0.39 is 0 Å². The predicted octanol–water partition coefficient (Wildman–Crippen LogP) is 3.70. The number of hydrogen-bond acceptors (Lipinski definition) is 3. The lowest BCUT2D eigenvalue weighted by Gasteiger charge is -2.38. The number of nitrogens with zero attached hydrogens (tertiary/aromatic N) is 1. The summed E-state index contributed by atoms with van der Waals surface area (Å²) in [4.78, 5) is 2.41. The average Bonchev–Trinajstić information content (AvgIpc) is 2.46. The largest absolute Gasteiger partial charge is 0.379 e. The second kappa shape index (κ2) is 7.48. The van der Waals surface area contributed by atoms with Gasteiger partial charge in [0.2, 0.25) is 0 Å². The van der Waals surface area contributed by atoms with Gasteiger partial charge in [-0.2, -0.15) is 0 Å². The smallest absolute Gasteiger partial charge is 0.0772 e. The second-order valence-electron chi connectivity index (χ2n) is 6.29. The van der Waals surface area contributed by atoms with Crippen LogP contribution in [0.4, 0.5) is 5.69 Å². The number of anilines is 1. The standard InChI is InChI=1S/C17H27ClN2O/c1-12(2)19-10-14-5-6-15(18)9-16(14)20-8-7-13(3)17(11-20)21-4/h5-6,9,12-13,17,19H,7-8,10-11H2,1-4H3. The number of piperidine rings is 1. The Kier molecular flexibility index (Phi) is 5.91. The number of hydrogen-bond donors (Lipinski definition) is 1. The molecule has 1 N–H and O–H groups in total. The van der Waals surface area contributed by atoms with Gasteiger partial charge >= 0.3 is 0 Å². The van der Waals surface area contributed by atoms with E-state index in [2.05, 4.69) is 43.1 Å². The summed E-state index contributed by atoms with van der Waals surface area (Å²) in [5.74, 6) is 0.614. The number of methoxy groups -OCH3 is 1. The summed E-state index contributed by atoms with van der Waals surface area (Å²) in [5, 5.41) is 4.29. The van der Waals surface area contributed by atoms with E-state index in [1.54, 1.807) is 0 Å². The van der Waals surface area contributed by atoms with E-state index in [0.717, 1.165) is 31.1 Å². The Labute approximate surface area is 133 Å². The molecule has 4 heteroatoms. The van der Waals surface area contributed by atoms with Gasteiger partial charge in [0.25, 0.3) is 0 Å². The Hall–Kier alpha value is -0.770. The lowest BCUT2D eigenvalue weighted by molar-refractivity contribution is 0.0498. The molecule has 0 aromatic heterocycles. The molecule has 0 spiro atoms. The normalized spacial score (nSPS) is 22.9. The monoisotopic (exact) mass is 310 g/mol. The van der Waals surface area contributed by atoms with E-state index in [1.165, 1.54) is 11.3 Å². The Bertz CT molecular complexity index is 464. The molecule has 1 aromatic rings. The molecule has 1 heterocycles. The molecule has 0 amide bonds. The maximum absolute atomic E-state index is 6.22. The third-order valence-electron chi connectivity index (χ3n) is 4.28. The molecule has 0 aliphatic carbocycles. The highest BCUT2D eigenvalue weighted by atomic mass is 35.5. The molecule has 1 aliphatic rings. The highest BCUT2D eigenvalue weighted by Gasteiger charge is 2.27. The molecule has 2 unspecified atom stereocenters. The fourth-order valence-electron chi connectivity index (χ4n) is 2.85. The highest BCUT2D eigenvalue weighted by Crippen LogP contribution is 2.30. The van der Waals surface area contributed by atoms with E-state index in [1.807, 2.05) is 13.2 Å². The van der Waals surface area contributed by atoms with Crippen molar-refractivity contribution in [3.63, 3.8) is 0 Å². The third-order valence-corrected chi connectivity index (χ3v) is 4.52. The van der Waals surface area contributed by atoms with Gasteiger partial charge in [0.1, 0.15) is 0 Å². The first kappa shape index (κ1) is 16.6. The van der Waals surface area contributed by atoms with Gasteiger partial charge < -0.3 is 15.0 Å². The molecule has 1 aromatic carbocycles. The lowest BCUT2D eigenvalue weighted by Crippen LogP contribution is -2.44. The Balaban J connectivity index is 2.19. The van der Waals surface area contributed by atoms with Crippen molar-refractivity contribution in [2.75, 3.05) is 25.1 Å². The second-order valence-corrected chi connectivity index (χ2v) is 6.73. The molecule has 0 radical (unpaired) electrons. The summed E-state index contributed by atoms with van der Waals surface area (Å²) in [6.45, 7) is 9.47. The van der Waals surface area contributed by atoms with Crippen molar-refractivity contribution in [3.8, 4) is 0 Å². The highest BCUT2D eigenvalue weighted by molar-refractivity contribution is 6.30. The molecule has 1 saturated heterocycles. The minimum Gasteiger partial charge on any atom is -0.379 e. The number of rotatable bonds is 5. The van der Waals surface area contributed by atoms with Gasteiger partial charge in [0.05, 0.1) is 6.10 Å². The maximum Gasteiger partial charge on any atom is 0.0772 e. The van der Waals surface area contributed by atoms with Crippen molar-refractivity contribution in [2.24, 2.45) is 5.92 Å². The van der Waals surface area contributed by atoms with Gasteiger partial charge in [-0.15, -0.1) is 0 Å². The summed E-state index contributed by atoms with van der Waals surface area (Å²) >= 11 is 6.22. The van der Waals surface area contributed by atoms with Crippen LogP contribution in [0.1, 0.15) is 32.8 Å². The van der Waals surface area contributed by atoms with Crippen molar-refractivity contribution >= 4 is 17.3 Å². The van der Waals surface area contributed by atoms with Gasteiger partial charge in [-0.05, 0) is 30.0 Å².